The third kappa shape index (κ3) is 3.36. The molecule has 0 amide bonds. The van der Waals surface area contributed by atoms with Gasteiger partial charge in [-0.2, -0.15) is 10.4 Å². The summed E-state index contributed by atoms with van der Waals surface area (Å²) in [4.78, 5) is 3.47. The Labute approximate surface area is 70.7 Å². The van der Waals surface area contributed by atoms with Crippen molar-refractivity contribution in [2.75, 3.05) is 0 Å². The molecule has 0 spiro atoms. The molecule has 11 heavy (non-hydrogen) atoms. The van der Waals surface area contributed by atoms with Gasteiger partial charge in [-0.1, -0.05) is 0 Å². The minimum absolute atomic E-state index is 0.496. The van der Waals surface area contributed by atoms with Gasteiger partial charge in [-0.3, -0.25) is 25.6 Å². The molecule has 0 saturated carbocycles. The molecule has 0 radical (unpaired) electrons. The normalized spacial score (nSPS) is 14.9. The van der Waals surface area contributed by atoms with Crippen molar-refractivity contribution in [2.24, 2.45) is 0 Å². The first-order chi connectivity index (χ1) is 4.95. The Kier molecular flexibility index (Phi) is 3.26. The lowest BCUT2D eigenvalue weighted by Gasteiger charge is -1.87. The van der Waals surface area contributed by atoms with Crippen molar-refractivity contribution in [1.29, 1.82) is 0 Å². The first-order valence-corrected chi connectivity index (χ1v) is 2.63. The Morgan fingerprint density at radius 2 is 1.27 bits per heavy atom. The van der Waals surface area contributed by atoms with Crippen molar-refractivity contribution < 1.29 is 33.9 Å². The predicted molar refractivity (Wildman–Crippen MR) is 27.2 cm³/mol. The highest BCUT2D eigenvalue weighted by atomic mass is 32.1. The summed E-state index contributed by atoms with van der Waals surface area (Å²) in [6.07, 6.45) is 0. The van der Waals surface area contributed by atoms with E-state index in [4.69, 9.17) is 10.4 Å². The molecule has 9 nitrogen and oxygen atoms in total. The highest BCUT2D eigenvalue weighted by Gasteiger charge is 2.18. The molecule has 0 heterocycles. The van der Waals surface area contributed by atoms with Crippen LogP contribution < -0.4 is 0 Å². The number of rotatable bonds is 2. The lowest BCUT2D eigenvalue weighted by Crippen LogP contribution is -2.24. The van der Waals surface area contributed by atoms with Gasteiger partial charge in [0, 0.05) is 4.94 Å². The lowest BCUT2D eigenvalue weighted by molar-refractivity contribution is -1.30. The van der Waals surface area contributed by atoms with Crippen LogP contribution in [0.15, 0.2) is 0 Å². The van der Waals surface area contributed by atoms with E-state index >= 15 is 0 Å². The molecule has 11 heteroatoms. The SMILES string of the molecule is [O-][N+](O[N+]([O-])=[N+](O)[S-])=[N+](O)[S-]. The molecule has 2 N–H and O–H groups in total. The number of hydrogen-bond donors (Lipinski definition) is 2. The second-order valence-electron chi connectivity index (χ2n) is 1.06. The highest BCUT2D eigenvalue weighted by Crippen LogP contribution is 1.79. The Hall–Kier alpha value is -1.36. The number of nitrogens with zero attached hydrogens (tertiary/aromatic N) is 4. The summed E-state index contributed by atoms with van der Waals surface area (Å²) in [5.74, 6) is 0. The summed E-state index contributed by atoms with van der Waals surface area (Å²) >= 11 is 7.57. The molecule has 0 aliphatic rings. The maximum absolute atomic E-state index is 10.1. The molecular weight excluding hydrogens is 200 g/mol. The highest BCUT2D eigenvalue weighted by molar-refractivity contribution is 7.51. The zero-order valence-electron chi connectivity index (χ0n) is 4.72. The van der Waals surface area contributed by atoms with Crippen LogP contribution in [0.2, 0.25) is 0 Å². The predicted octanol–water partition coefficient (Wildman–Crippen LogP) is -1.51. The topological polar surface area (TPSA) is 108 Å². The largest absolute Gasteiger partial charge is 0.391 e. The summed E-state index contributed by atoms with van der Waals surface area (Å²) in [7, 11) is 0. The molecule has 0 fully saturated rings. The Bertz CT molecular complexity index is 179. The molecule has 0 unspecified atom stereocenters. The average Bonchev–Trinajstić information content (AvgIpc) is 1.87. The zero-order valence-corrected chi connectivity index (χ0v) is 6.36. The van der Waals surface area contributed by atoms with E-state index < -0.39 is 18.6 Å². The Morgan fingerprint density at radius 1 is 1.00 bits per heavy atom. The van der Waals surface area contributed by atoms with Crippen LogP contribution in [0.1, 0.15) is 0 Å². The van der Waals surface area contributed by atoms with Crippen LogP contribution in [0.4, 0.5) is 0 Å². The number of hydrogen-bond acceptors (Lipinski definition) is 5. The smallest absolute Gasteiger partial charge is 0.281 e. The van der Waals surface area contributed by atoms with Crippen LogP contribution in [-0.2, 0) is 30.6 Å². The van der Waals surface area contributed by atoms with E-state index in [-0.39, 0.29) is 0 Å². The van der Waals surface area contributed by atoms with E-state index in [2.05, 4.69) is 30.6 Å². The molecular formula is H2N4O5S2. The van der Waals surface area contributed by atoms with Crippen molar-refractivity contribution in [1.82, 2.24) is 0 Å². The summed E-state index contributed by atoms with van der Waals surface area (Å²) in [5.41, 5.74) is 0. The van der Waals surface area contributed by atoms with Crippen LogP contribution in [-0.4, -0.2) is 29.0 Å². The third-order valence-corrected chi connectivity index (χ3v) is 0.686. The van der Waals surface area contributed by atoms with Gasteiger partial charge in [-0.25, -0.2) is 10.4 Å². The molecule has 0 aliphatic heterocycles. The molecule has 0 atom stereocenters. The fourth-order valence-electron chi connectivity index (χ4n) is 0.122. The maximum atomic E-state index is 10.1. The van der Waals surface area contributed by atoms with Gasteiger partial charge >= 0.3 is 10.0 Å². The van der Waals surface area contributed by atoms with Crippen LogP contribution in [0.5, 0.6) is 0 Å². The molecule has 0 saturated heterocycles. The van der Waals surface area contributed by atoms with Crippen molar-refractivity contribution in [3.8, 4) is 0 Å². The van der Waals surface area contributed by atoms with Crippen molar-refractivity contribution >= 4 is 25.6 Å². The van der Waals surface area contributed by atoms with Gasteiger partial charge in [-0.15, -0.1) is 0 Å². The molecule has 0 aliphatic carbocycles. The Balaban J connectivity index is 4.30. The fourth-order valence-corrected chi connectivity index (χ4v) is 0.182. The Morgan fingerprint density at radius 3 is 1.45 bits per heavy atom. The second-order valence-corrected chi connectivity index (χ2v) is 1.72. The minimum Gasteiger partial charge on any atom is -0.281 e. The molecule has 0 aromatic carbocycles. The van der Waals surface area contributed by atoms with E-state index in [1.54, 1.807) is 0 Å². The van der Waals surface area contributed by atoms with Gasteiger partial charge in [0.25, 0.3) is 0 Å². The van der Waals surface area contributed by atoms with E-state index in [9.17, 15) is 10.4 Å². The van der Waals surface area contributed by atoms with Crippen LogP contribution >= 0.6 is 0 Å². The van der Waals surface area contributed by atoms with Gasteiger partial charge in [0.15, 0.2) is 8.53 Å². The quantitative estimate of drug-likeness (QED) is 0.242. The van der Waals surface area contributed by atoms with Gasteiger partial charge in [-0.05, 0) is 0 Å². The lowest BCUT2D eigenvalue weighted by atomic mass is 12.6. The minimum atomic E-state index is -0.794. The van der Waals surface area contributed by atoms with Crippen LogP contribution in [0.25, 0.3) is 0 Å². The molecule has 0 aromatic heterocycles. The standard InChI is InChI=1S/H2N4O5S2/c5-1(3(7)10)9-2(6)4(8)11/h(H,7,10)(H,8,11). The molecule has 0 aromatic rings. The van der Waals surface area contributed by atoms with Gasteiger partial charge in [0.05, 0.1) is 0 Å². The summed E-state index contributed by atoms with van der Waals surface area (Å²) in [6.45, 7) is 0. The van der Waals surface area contributed by atoms with Crippen molar-refractivity contribution in [2.45, 2.75) is 0 Å². The van der Waals surface area contributed by atoms with Gasteiger partial charge < -0.3 is 0 Å². The van der Waals surface area contributed by atoms with Gasteiger partial charge in [0.2, 0.25) is 0 Å². The van der Waals surface area contributed by atoms with Crippen molar-refractivity contribution in [3.05, 3.63) is 10.4 Å². The average molecular weight is 202 g/mol. The first kappa shape index (κ1) is 9.64. The maximum Gasteiger partial charge on any atom is 0.391 e. The monoisotopic (exact) mass is 202 g/mol. The fraction of sp³-hybridized carbons (Fsp3) is 0. The zero-order chi connectivity index (χ0) is 9.02. The van der Waals surface area contributed by atoms with E-state index in [0.717, 1.165) is 0 Å². The van der Waals surface area contributed by atoms with Crippen molar-refractivity contribution in [3.63, 3.8) is 0 Å². The second kappa shape index (κ2) is 3.72. The third-order valence-electron chi connectivity index (χ3n) is 0.419. The van der Waals surface area contributed by atoms with Gasteiger partial charge in [0.1, 0.15) is 0 Å². The summed E-state index contributed by atoms with van der Waals surface area (Å²) in [6, 6.07) is 0. The summed E-state index contributed by atoms with van der Waals surface area (Å²) < 4.78 is -0.993. The molecule has 0 bridgehead atoms. The van der Waals surface area contributed by atoms with E-state index in [1.165, 1.54) is 0 Å². The van der Waals surface area contributed by atoms with Crippen LogP contribution in [0.3, 0.4) is 0 Å². The first-order valence-electron chi connectivity index (χ1n) is 1.90. The van der Waals surface area contributed by atoms with Crippen LogP contribution in [0, 0.1) is 10.4 Å². The summed E-state index contributed by atoms with van der Waals surface area (Å²) in [5, 5.41) is 34.8. The molecule has 0 rings (SSSR count). The van der Waals surface area contributed by atoms with E-state index in [0.29, 0.717) is 0 Å². The van der Waals surface area contributed by atoms with E-state index in [1.807, 2.05) is 0 Å². The molecule has 64 valence electrons.